The second-order valence-corrected chi connectivity index (χ2v) is 7.25. The molecule has 146 valence electrons. The van der Waals surface area contributed by atoms with E-state index in [-0.39, 0.29) is 30.1 Å². The van der Waals surface area contributed by atoms with Crippen molar-refractivity contribution in [1.82, 2.24) is 20.0 Å². The van der Waals surface area contributed by atoms with E-state index in [9.17, 15) is 0 Å². The molecule has 0 radical (unpaired) electrons. The summed E-state index contributed by atoms with van der Waals surface area (Å²) in [4.78, 5) is 6.83. The molecule has 1 aliphatic heterocycles. The summed E-state index contributed by atoms with van der Waals surface area (Å²) in [6.07, 6.45) is 5.13. The van der Waals surface area contributed by atoms with Crippen molar-refractivity contribution in [2.45, 2.75) is 31.4 Å². The summed E-state index contributed by atoms with van der Waals surface area (Å²) in [5.74, 6) is 1.56. The molecule has 3 unspecified atom stereocenters. The number of rotatable bonds is 3. The molecular formula is C20H28IN5O. The highest BCUT2D eigenvalue weighted by Crippen LogP contribution is 2.42. The minimum absolute atomic E-state index is 0. The van der Waals surface area contributed by atoms with Crippen molar-refractivity contribution in [2.24, 2.45) is 12.0 Å². The van der Waals surface area contributed by atoms with Crippen LogP contribution in [0.2, 0.25) is 0 Å². The Labute approximate surface area is 178 Å². The van der Waals surface area contributed by atoms with E-state index in [4.69, 9.17) is 4.74 Å². The van der Waals surface area contributed by atoms with Gasteiger partial charge in [-0.15, -0.1) is 24.0 Å². The molecule has 1 saturated heterocycles. The maximum absolute atomic E-state index is 5.95. The van der Waals surface area contributed by atoms with Gasteiger partial charge in [-0.25, -0.2) is 0 Å². The molecular weight excluding hydrogens is 453 g/mol. The smallest absolute Gasteiger partial charge is 0.194 e. The van der Waals surface area contributed by atoms with Crippen LogP contribution < -0.4 is 5.32 Å². The van der Waals surface area contributed by atoms with Gasteiger partial charge in [0.25, 0.3) is 0 Å². The van der Waals surface area contributed by atoms with E-state index in [1.807, 2.05) is 31.2 Å². The number of nitrogens with one attached hydrogen (secondary N) is 1. The van der Waals surface area contributed by atoms with Crippen molar-refractivity contribution < 1.29 is 4.74 Å². The summed E-state index contributed by atoms with van der Waals surface area (Å²) >= 11 is 0. The summed E-state index contributed by atoms with van der Waals surface area (Å²) in [6, 6.07) is 9.15. The van der Waals surface area contributed by atoms with Crippen LogP contribution in [0.3, 0.4) is 0 Å². The van der Waals surface area contributed by atoms with Crippen LogP contribution in [0.5, 0.6) is 0 Å². The van der Waals surface area contributed by atoms with Gasteiger partial charge in [0.2, 0.25) is 0 Å². The maximum atomic E-state index is 5.95. The fourth-order valence-electron chi connectivity index (χ4n) is 3.81. The number of aliphatic imine (C=N–C) groups is 1. The first kappa shape index (κ1) is 20.1. The van der Waals surface area contributed by atoms with E-state index in [0.717, 1.165) is 24.6 Å². The van der Waals surface area contributed by atoms with Gasteiger partial charge in [-0.05, 0) is 24.5 Å². The van der Waals surface area contributed by atoms with Crippen LogP contribution in [0.4, 0.5) is 0 Å². The normalized spacial score (nSPS) is 25.1. The number of benzene rings is 1. The number of guanidine groups is 1. The van der Waals surface area contributed by atoms with Crippen molar-refractivity contribution >= 4 is 29.9 Å². The van der Waals surface area contributed by atoms with E-state index in [1.165, 1.54) is 17.5 Å². The zero-order valence-electron chi connectivity index (χ0n) is 16.1. The number of aromatic nitrogens is 2. The SMILES string of the molecule is CN=C(NC1CC1c1ccccc1C)N1CCOC(c2cnn(C)c2)C1.I. The van der Waals surface area contributed by atoms with Crippen molar-refractivity contribution in [1.29, 1.82) is 0 Å². The predicted molar refractivity (Wildman–Crippen MR) is 118 cm³/mol. The van der Waals surface area contributed by atoms with Crippen molar-refractivity contribution in [3.05, 3.63) is 53.3 Å². The van der Waals surface area contributed by atoms with Crippen LogP contribution in [0.25, 0.3) is 0 Å². The average molecular weight is 481 g/mol. The quantitative estimate of drug-likeness (QED) is 0.416. The van der Waals surface area contributed by atoms with Gasteiger partial charge in [0.1, 0.15) is 6.10 Å². The molecule has 0 bridgehead atoms. The number of nitrogens with zero attached hydrogens (tertiary/aromatic N) is 4. The second kappa shape index (κ2) is 8.60. The average Bonchev–Trinajstić information content (AvgIpc) is 3.29. The first-order valence-corrected chi connectivity index (χ1v) is 9.29. The third-order valence-electron chi connectivity index (χ3n) is 5.37. The van der Waals surface area contributed by atoms with Crippen LogP contribution in [0.1, 0.15) is 35.1 Å². The molecule has 3 atom stereocenters. The molecule has 4 rings (SSSR count). The van der Waals surface area contributed by atoms with Gasteiger partial charge in [0.15, 0.2) is 5.96 Å². The number of hydrogen-bond acceptors (Lipinski definition) is 3. The number of aryl methyl sites for hydroxylation is 2. The summed E-state index contributed by atoms with van der Waals surface area (Å²) < 4.78 is 7.77. The highest BCUT2D eigenvalue weighted by atomic mass is 127. The number of hydrogen-bond donors (Lipinski definition) is 1. The summed E-state index contributed by atoms with van der Waals surface area (Å²) in [7, 11) is 3.80. The van der Waals surface area contributed by atoms with Gasteiger partial charge < -0.3 is 15.0 Å². The summed E-state index contributed by atoms with van der Waals surface area (Å²) in [5.41, 5.74) is 3.95. The first-order chi connectivity index (χ1) is 12.7. The van der Waals surface area contributed by atoms with Crippen LogP contribution in [-0.4, -0.2) is 53.4 Å². The van der Waals surface area contributed by atoms with Crippen LogP contribution >= 0.6 is 24.0 Å². The Morgan fingerprint density at radius 1 is 1.33 bits per heavy atom. The standard InChI is InChI=1S/C20H27N5O.HI/c1-14-6-4-5-7-16(14)17-10-18(17)23-20(21-2)25-8-9-26-19(13-25)15-11-22-24(3)12-15;/h4-7,11-12,17-19H,8-10,13H2,1-3H3,(H,21,23);1H. The Hall–Kier alpha value is -1.61. The Balaban J connectivity index is 0.00000210. The van der Waals surface area contributed by atoms with Crippen molar-refractivity contribution in [3.8, 4) is 0 Å². The zero-order chi connectivity index (χ0) is 18.1. The molecule has 1 aliphatic carbocycles. The Kier molecular flexibility index (Phi) is 6.41. The van der Waals surface area contributed by atoms with Gasteiger partial charge in [-0.3, -0.25) is 9.67 Å². The molecule has 1 aromatic carbocycles. The lowest BCUT2D eigenvalue weighted by molar-refractivity contribution is -0.00806. The van der Waals surface area contributed by atoms with E-state index in [1.54, 1.807) is 0 Å². The van der Waals surface area contributed by atoms with Crippen molar-refractivity contribution in [3.63, 3.8) is 0 Å². The largest absolute Gasteiger partial charge is 0.370 e. The molecule has 6 nitrogen and oxygen atoms in total. The Morgan fingerprint density at radius 2 is 2.15 bits per heavy atom. The topological polar surface area (TPSA) is 54.7 Å². The van der Waals surface area contributed by atoms with Gasteiger partial charge in [0, 0.05) is 44.4 Å². The van der Waals surface area contributed by atoms with Crippen LogP contribution in [0.15, 0.2) is 41.7 Å². The molecule has 2 heterocycles. The minimum Gasteiger partial charge on any atom is -0.370 e. The molecule has 0 amide bonds. The fraction of sp³-hybridized carbons (Fsp3) is 0.500. The molecule has 1 aromatic heterocycles. The van der Waals surface area contributed by atoms with E-state index >= 15 is 0 Å². The summed E-state index contributed by atoms with van der Waals surface area (Å²) in [5, 5.41) is 7.93. The zero-order valence-corrected chi connectivity index (χ0v) is 18.5. The number of halogens is 1. The van der Waals surface area contributed by atoms with Gasteiger partial charge in [0.05, 0.1) is 19.3 Å². The molecule has 2 fully saturated rings. The third kappa shape index (κ3) is 4.45. The fourth-order valence-corrected chi connectivity index (χ4v) is 3.81. The van der Waals surface area contributed by atoms with E-state index in [0.29, 0.717) is 18.6 Å². The van der Waals surface area contributed by atoms with Crippen LogP contribution in [-0.2, 0) is 11.8 Å². The lowest BCUT2D eigenvalue weighted by Crippen LogP contribution is -2.48. The molecule has 0 spiro atoms. The Morgan fingerprint density at radius 3 is 2.85 bits per heavy atom. The first-order valence-electron chi connectivity index (χ1n) is 9.29. The number of ether oxygens (including phenoxy) is 1. The van der Waals surface area contributed by atoms with E-state index < -0.39 is 0 Å². The highest BCUT2D eigenvalue weighted by molar-refractivity contribution is 14.0. The van der Waals surface area contributed by atoms with Crippen LogP contribution in [0, 0.1) is 6.92 Å². The molecule has 2 aliphatic rings. The van der Waals surface area contributed by atoms with Crippen molar-refractivity contribution in [2.75, 3.05) is 26.7 Å². The Bertz CT molecular complexity index is 805. The summed E-state index contributed by atoms with van der Waals surface area (Å²) in [6.45, 7) is 4.55. The molecule has 1 saturated carbocycles. The molecule has 1 N–H and O–H groups in total. The highest BCUT2D eigenvalue weighted by Gasteiger charge is 2.40. The maximum Gasteiger partial charge on any atom is 0.194 e. The lowest BCUT2D eigenvalue weighted by atomic mass is 10.0. The van der Waals surface area contributed by atoms with Gasteiger partial charge >= 0.3 is 0 Å². The second-order valence-electron chi connectivity index (χ2n) is 7.25. The third-order valence-corrected chi connectivity index (χ3v) is 5.37. The number of morpholine rings is 1. The lowest BCUT2D eigenvalue weighted by Gasteiger charge is -2.35. The van der Waals surface area contributed by atoms with Gasteiger partial charge in [-0.2, -0.15) is 5.10 Å². The monoisotopic (exact) mass is 481 g/mol. The minimum atomic E-state index is 0. The molecule has 27 heavy (non-hydrogen) atoms. The van der Waals surface area contributed by atoms with Gasteiger partial charge in [-0.1, -0.05) is 24.3 Å². The predicted octanol–water partition coefficient (Wildman–Crippen LogP) is 2.85. The van der Waals surface area contributed by atoms with E-state index in [2.05, 4.69) is 51.5 Å². The molecule has 2 aromatic rings. The molecule has 7 heteroatoms.